The van der Waals surface area contributed by atoms with Crippen molar-refractivity contribution in [2.24, 2.45) is 5.73 Å². The van der Waals surface area contributed by atoms with Gasteiger partial charge < -0.3 is 10.6 Å². The molecule has 0 unspecified atom stereocenters. The number of nitrogens with two attached hydrogens (primary N) is 1. The highest BCUT2D eigenvalue weighted by Crippen LogP contribution is 2.13. The summed E-state index contributed by atoms with van der Waals surface area (Å²) in [6.07, 6.45) is 0.558. The number of rotatable bonds is 5. The molecule has 2 rings (SSSR count). The molecule has 110 valence electrons. The van der Waals surface area contributed by atoms with Crippen molar-refractivity contribution >= 4 is 21.8 Å². The van der Waals surface area contributed by atoms with E-state index in [1.165, 1.54) is 0 Å². The molecule has 1 amide bonds. The summed E-state index contributed by atoms with van der Waals surface area (Å²) in [6.45, 7) is 0.556. The molecule has 0 radical (unpaired) electrons. The van der Waals surface area contributed by atoms with Crippen molar-refractivity contribution in [1.29, 1.82) is 0 Å². The highest BCUT2D eigenvalue weighted by Gasteiger charge is 2.18. The topological polar surface area (TPSA) is 46.3 Å². The van der Waals surface area contributed by atoms with Crippen LogP contribution in [0.1, 0.15) is 11.1 Å². The van der Waals surface area contributed by atoms with Gasteiger partial charge in [0.15, 0.2) is 0 Å². The Labute approximate surface area is 133 Å². The first-order chi connectivity index (χ1) is 10.1. The Morgan fingerprint density at radius 3 is 2.48 bits per heavy atom. The minimum Gasteiger partial charge on any atom is -0.340 e. The second-order valence-electron chi connectivity index (χ2n) is 5.12. The molecular formula is C17H19BrN2O. The molecule has 0 aromatic heterocycles. The molecule has 2 aromatic carbocycles. The fraction of sp³-hybridized carbons (Fsp3) is 0.235. The Hall–Kier alpha value is -1.65. The maximum absolute atomic E-state index is 12.3. The van der Waals surface area contributed by atoms with Crippen LogP contribution in [0.3, 0.4) is 0 Å². The van der Waals surface area contributed by atoms with Gasteiger partial charge in [-0.3, -0.25) is 4.79 Å². The summed E-state index contributed by atoms with van der Waals surface area (Å²) in [7, 11) is 1.79. The normalized spacial score (nSPS) is 12.0. The van der Waals surface area contributed by atoms with Crippen LogP contribution >= 0.6 is 15.9 Å². The van der Waals surface area contributed by atoms with E-state index in [4.69, 9.17) is 5.73 Å². The molecule has 0 saturated heterocycles. The molecule has 0 fully saturated rings. The van der Waals surface area contributed by atoms with Crippen molar-refractivity contribution in [3.8, 4) is 0 Å². The minimum atomic E-state index is -0.510. The van der Waals surface area contributed by atoms with E-state index >= 15 is 0 Å². The minimum absolute atomic E-state index is 0.0428. The zero-order valence-electron chi connectivity index (χ0n) is 12.0. The van der Waals surface area contributed by atoms with Crippen molar-refractivity contribution < 1.29 is 4.79 Å². The standard InChI is InChI=1S/C17H19BrN2O/c1-20(12-14-8-5-9-15(18)10-14)17(21)16(19)11-13-6-3-2-4-7-13/h2-10,16H,11-12,19H2,1H3/t16-/m0/s1. The zero-order chi connectivity index (χ0) is 15.2. The molecule has 2 N–H and O–H groups in total. The van der Waals surface area contributed by atoms with Crippen LogP contribution in [0.5, 0.6) is 0 Å². The van der Waals surface area contributed by atoms with Gasteiger partial charge in [-0.05, 0) is 29.7 Å². The van der Waals surface area contributed by atoms with Crippen LogP contribution in [0.15, 0.2) is 59.1 Å². The van der Waals surface area contributed by atoms with Gasteiger partial charge in [0.2, 0.25) is 5.91 Å². The van der Waals surface area contributed by atoms with Crippen LogP contribution in [-0.2, 0) is 17.8 Å². The second-order valence-corrected chi connectivity index (χ2v) is 6.04. The number of nitrogens with zero attached hydrogens (tertiary/aromatic N) is 1. The second kappa shape index (κ2) is 7.38. The van der Waals surface area contributed by atoms with E-state index in [1.807, 2.05) is 54.6 Å². The summed E-state index contributed by atoms with van der Waals surface area (Å²) in [5.41, 5.74) is 8.19. The van der Waals surface area contributed by atoms with E-state index in [-0.39, 0.29) is 5.91 Å². The van der Waals surface area contributed by atoms with Gasteiger partial charge in [-0.1, -0.05) is 58.4 Å². The average Bonchev–Trinajstić information content (AvgIpc) is 2.47. The Kier molecular flexibility index (Phi) is 5.53. The molecule has 0 aliphatic rings. The van der Waals surface area contributed by atoms with Gasteiger partial charge in [-0.2, -0.15) is 0 Å². The predicted octanol–water partition coefficient (Wildman–Crippen LogP) is 2.98. The largest absolute Gasteiger partial charge is 0.340 e. The third kappa shape index (κ3) is 4.69. The number of hydrogen-bond donors (Lipinski definition) is 1. The molecule has 3 nitrogen and oxygen atoms in total. The van der Waals surface area contributed by atoms with Crippen molar-refractivity contribution in [3.63, 3.8) is 0 Å². The van der Waals surface area contributed by atoms with Gasteiger partial charge in [-0.25, -0.2) is 0 Å². The van der Waals surface area contributed by atoms with Gasteiger partial charge in [-0.15, -0.1) is 0 Å². The van der Waals surface area contributed by atoms with Crippen molar-refractivity contribution in [3.05, 3.63) is 70.2 Å². The zero-order valence-corrected chi connectivity index (χ0v) is 13.6. The van der Waals surface area contributed by atoms with Crippen LogP contribution in [0.25, 0.3) is 0 Å². The van der Waals surface area contributed by atoms with Gasteiger partial charge >= 0.3 is 0 Å². The lowest BCUT2D eigenvalue weighted by molar-refractivity contribution is -0.131. The lowest BCUT2D eigenvalue weighted by atomic mass is 10.1. The first kappa shape index (κ1) is 15.7. The fourth-order valence-corrected chi connectivity index (χ4v) is 2.67. The van der Waals surface area contributed by atoms with E-state index in [0.29, 0.717) is 13.0 Å². The molecule has 0 heterocycles. The average molecular weight is 347 g/mol. The molecule has 0 aliphatic carbocycles. The monoisotopic (exact) mass is 346 g/mol. The van der Waals surface area contributed by atoms with Gasteiger partial charge in [0.25, 0.3) is 0 Å². The number of hydrogen-bond acceptors (Lipinski definition) is 2. The van der Waals surface area contributed by atoms with Crippen molar-refractivity contribution in [1.82, 2.24) is 4.90 Å². The Morgan fingerprint density at radius 2 is 1.81 bits per heavy atom. The molecule has 2 aromatic rings. The van der Waals surface area contributed by atoms with Gasteiger partial charge in [0.1, 0.15) is 0 Å². The predicted molar refractivity (Wildman–Crippen MR) is 88.7 cm³/mol. The van der Waals surface area contributed by atoms with Crippen molar-refractivity contribution in [2.75, 3.05) is 7.05 Å². The summed E-state index contributed by atoms with van der Waals surface area (Å²) < 4.78 is 1.01. The number of benzene rings is 2. The van der Waals surface area contributed by atoms with Crippen molar-refractivity contribution in [2.45, 2.75) is 19.0 Å². The Bertz CT molecular complexity index is 601. The van der Waals surface area contributed by atoms with Crippen LogP contribution in [-0.4, -0.2) is 23.9 Å². The maximum Gasteiger partial charge on any atom is 0.239 e. The van der Waals surface area contributed by atoms with E-state index < -0.39 is 6.04 Å². The molecule has 21 heavy (non-hydrogen) atoms. The van der Waals surface area contributed by atoms with E-state index in [2.05, 4.69) is 15.9 Å². The summed E-state index contributed by atoms with van der Waals surface area (Å²) in [6, 6.07) is 17.3. The lowest BCUT2D eigenvalue weighted by Gasteiger charge is -2.21. The Balaban J connectivity index is 1.95. The lowest BCUT2D eigenvalue weighted by Crippen LogP contribution is -2.42. The summed E-state index contributed by atoms with van der Waals surface area (Å²) in [5.74, 6) is -0.0428. The molecule has 0 spiro atoms. The Morgan fingerprint density at radius 1 is 1.14 bits per heavy atom. The highest BCUT2D eigenvalue weighted by molar-refractivity contribution is 9.10. The highest BCUT2D eigenvalue weighted by atomic mass is 79.9. The number of carbonyl (C=O) groups excluding carboxylic acids is 1. The summed E-state index contributed by atoms with van der Waals surface area (Å²) in [4.78, 5) is 14.0. The molecule has 0 aliphatic heterocycles. The quantitative estimate of drug-likeness (QED) is 0.904. The van der Waals surface area contributed by atoms with E-state index in [9.17, 15) is 4.79 Å². The van der Waals surface area contributed by atoms with Crippen LogP contribution in [0.2, 0.25) is 0 Å². The van der Waals surface area contributed by atoms with E-state index in [1.54, 1.807) is 11.9 Å². The summed E-state index contributed by atoms with van der Waals surface area (Å²) >= 11 is 3.43. The molecule has 0 bridgehead atoms. The number of likely N-dealkylation sites (N-methyl/N-ethyl adjacent to an activating group) is 1. The number of carbonyl (C=O) groups is 1. The van der Waals surface area contributed by atoms with E-state index in [0.717, 1.165) is 15.6 Å². The first-order valence-electron chi connectivity index (χ1n) is 6.85. The maximum atomic E-state index is 12.3. The van der Waals surface area contributed by atoms with Gasteiger partial charge in [0.05, 0.1) is 6.04 Å². The first-order valence-corrected chi connectivity index (χ1v) is 7.64. The molecule has 0 saturated carbocycles. The SMILES string of the molecule is CN(Cc1cccc(Br)c1)C(=O)[C@@H](N)Cc1ccccc1. The number of halogens is 1. The van der Waals surface area contributed by atoms with Crippen LogP contribution in [0.4, 0.5) is 0 Å². The third-order valence-corrected chi connectivity index (χ3v) is 3.79. The smallest absolute Gasteiger partial charge is 0.239 e. The molecule has 4 heteroatoms. The third-order valence-electron chi connectivity index (χ3n) is 3.30. The molecular weight excluding hydrogens is 328 g/mol. The van der Waals surface area contributed by atoms with Crippen LogP contribution in [0, 0.1) is 0 Å². The van der Waals surface area contributed by atoms with Gasteiger partial charge in [0, 0.05) is 18.1 Å². The fourth-order valence-electron chi connectivity index (χ4n) is 2.23. The molecule has 1 atom stereocenters. The number of amides is 1. The summed E-state index contributed by atoms with van der Waals surface area (Å²) in [5, 5.41) is 0. The van der Waals surface area contributed by atoms with Crippen LogP contribution < -0.4 is 5.73 Å².